The third-order valence-corrected chi connectivity index (χ3v) is 2.37. The minimum absolute atomic E-state index is 0.331. The summed E-state index contributed by atoms with van der Waals surface area (Å²) in [6.07, 6.45) is 0.866. The van der Waals surface area contributed by atoms with Crippen molar-refractivity contribution < 1.29 is 9.21 Å². The standard InChI is InChI=1S/C11H11NO3/c1-3-8-4-5-9-10(6-8)15-11(14)12(9)7(2)13/h4-6H,3H2,1-2H3. The van der Waals surface area contributed by atoms with Gasteiger partial charge < -0.3 is 4.42 Å². The van der Waals surface area contributed by atoms with Gasteiger partial charge in [-0.05, 0) is 24.1 Å². The molecule has 4 nitrogen and oxygen atoms in total. The van der Waals surface area contributed by atoms with Gasteiger partial charge in [-0.15, -0.1) is 0 Å². The van der Waals surface area contributed by atoms with E-state index >= 15 is 0 Å². The van der Waals surface area contributed by atoms with Gasteiger partial charge in [0.15, 0.2) is 5.58 Å². The van der Waals surface area contributed by atoms with Crippen molar-refractivity contribution in [2.24, 2.45) is 0 Å². The van der Waals surface area contributed by atoms with E-state index in [0.29, 0.717) is 11.1 Å². The molecule has 15 heavy (non-hydrogen) atoms. The van der Waals surface area contributed by atoms with Crippen molar-refractivity contribution in [1.29, 1.82) is 0 Å². The minimum Gasteiger partial charge on any atom is -0.407 e. The fourth-order valence-electron chi connectivity index (χ4n) is 1.58. The first-order chi connectivity index (χ1) is 7.13. The number of hydrogen-bond acceptors (Lipinski definition) is 3. The maximum Gasteiger partial charge on any atom is 0.426 e. The molecule has 1 heterocycles. The van der Waals surface area contributed by atoms with Gasteiger partial charge in [0, 0.05) is 6.92 Å². The number of hydrogen-bond donors (Lipinski definition) is 0. The third kappa shape index (κ3) is 1.48. The highest BCUT2D eigenvalue weighted by Crippen LogP contribution is 2.15. The first-order valence-electron chi connectivity index (χ1n) is 4.79. The second kappa shape index (κ2) is 3.38. The second-order valence-electron chi connectivity index (χ2n) is 3.38. The number of aryl methyl sites for hydroxylation is 1. The number of aromatic nitrogens is 1. The maximum atomic E-state index is 11.4. The van der Waals surface area contributed by atoms with E-state index in [9.17, 15) is 9.59 Å². The number of fused-ring (bicyclic) bond motifs is 1. The van der Waals surface area contributed by atoms with Gasteiger partial charge in [-0.2, -0.15) is 0 Å². The normalized spacial score (nSPS) is 10.8. The van der Waals surface area contributed by atoms with E-state index in [1.165, 1.54) is 6.92 Å². The van der Waals surface area contributed by atoms with Crippen molar-refractivity contribution in [2.75, 3.05) is 0 Å². The maximum absolute atomic E-state index is 11.4. The summed E-state index contributed by atoms with van der Waals surface area (Å²) in [5, 5.41) is 0. The van der Waals surface area contributed by atoms with Crippen molar-refractivity contribution in [1.82, 2.24) is 4.57 Å². The lowest BCUT2D eigenvalue weighted by Crippen LogP contribution is -2.19. The van der Waals surface area contributed by atoms with Crippen LogP contribution < -0.4 is 5.76 Å². The van der Waals surface area contributed by atoms with Crippen LogP contribution >= 0.6 is 0 Å². The highest BCUT2D eigenvalue weighted by Gasteiger charge is 2.12. The fraction of sp³-hybridized carbons (Fsp3) is 0.273. The monoisotopic (exact) mass is 205 g/mol. The lowest BCUT2D eigenvalue weighted by atomic mass is 10.1. The Labute approximate surface area is 86.1 Å². The van der Waals surface area contributed by atoms with Crippen LogP contribution in [-0.4, -0.2) is 10.5 Å². The van der Waals surface area contributed by atoms with Gasteiger partial charge in [0.25, 0.3) is 0 Å². The zero-order valence-corrected chi connectivity index (χ0v) is 8.61. The molecule has 2 rings (SSSR count). The number of carbonyl (C=O) groups excluding carboxylic acids is 1. The molecular weight excluding hydrogens is 194 g/mol. The van der Waals surface area contributed by atoms with Crippen LogP contribution in [0.1, 0.15) is 24.2 Å². The number of oxazole rings is 1. The second-order valence-corrected chi connectivity index (χ2v) is 3.38. The molecule has 0 aliphatic heterocycles. The molecule has 0 spiro atoms. The van der Waals surface area contributed by atoms with Crippen LogP contribution in [-0.2, 0) is 6.42 Å². The summed E-state index contributed by atoms with van der Waals surface area (Å²) in [5.74, 6) is -0.950. The van der Waals surface area contributed by atoms with Crippen LogP contribution in [0.4, 0.5) is 0 Å². The van der Waals surface area contributed by atoms with Crippen molar-refractivity contribution in [3.8, 4) is 0 Å². The largest absolute Gasteiger partial charge is 0.426 e. The molecule has 0 radical (unpaired) electrons. The SMILES string of the molecule is CCc1ccc2c(c1)oc(=O)n2C(C)=O. The molecule has 0 aliphatic rings. The molecule has 0 saturated heterocycles. The smallest absolute Gasteiger partial charge is 0.407 e. The molecule has 1 aromatic carbocycles. The summed E-state index contributed by atoms with van der Waals surface area (Å²) in [4.78, 5) is 22.6. The third-order valence-electron chi connectivity index (χ3n) is 2.37. The van der Waals surface area contributed by atoms with E-state index < -0.39 is 5.76 Å². The number of nitrogens with zero attached hydrogens (tertiary/aromatic N) is 1. The molecular formula is C11H11NO3. The summed E-state index contributed by atoms with van der Waals surface area (Å²) in [6.45, 7) is 3.35. The van der Waals surface area contributed by atoms with E-state index in [2.05, 4.69) is 0 Å². The first-order valence-corrected chi connectivity index (χ1v) is 4.79. The van der Waals surface area contributed by atoms with Gasteiger partial charge in [-0.1, -0.05) is 13.0 Å². The van der Waals surface area contributed by atoms with Gasteiger partial charge >= 0.3 is 5.76 Å². The van der Waals surface area contributed by atoms with Crippen molar-refractivity contribution in [2.45, 2.75) is 20.3 Å². The van der Waals surface area contributed by atoms with Crippen LogP contribution in [0.5, 0.6) is 0 Å². The molecule has 0 aliphatic carbocycles. The van der Waals surface area contributed by atoms with Crippen molar-refractivity contribution >= 4 is 17.0 Å². The zero-order chi connectivity index (χ0) is 11.0. The Morgan fingerprint density at radius 2 is 2.20 bits per heavy atom. The van der Waals surface area contributed by atoms with E-state index in [4.69, 9.17) is 4.42 Å². The Morgan fingerprint density at radius 3 is 2.80 bits per heavy atom. The number of benzene rings is 1. The quantitative estimate of drug-likeness (QED) is 0.713. The van der Waals surface area contributed by atoms with E-state index in [1.807, 2.05) is 13.0 Å². The van der Waals surface area contributed by atoms with Crippen LogP contribution in [0.2, 0.25) is 0 Å². The molecule has 0 N–H and O–H groups in total. The lowest BCUT2D eigenvalue weighted by Gasteiger charge is -1.96. The molecule has 0 saturated carbocycles. The van der Waals surface area contributed by atoms with Crippen LogP contribution in [0, 0.1) is 0 Å². The van der Waals surface area contributed by atoms with Crippen molar-refractivity contribution in [3.63, 3.8) is 0 Å². The molecule has 0 atom stereocenters. The highest BCUT2D eigenvalue weighted by molar-refractivity contribution is 5.87. The molecule has 0 amide bonds. The Bertz CT molecular complexity index is 577. The highest BCUT2D eigenvalue weighted by atomic mass is 16.4. The topological polar surface area (TPSA) is 52.2 Å². The molecule has 2 aromatic rings. The van der Waals surface area contributed by atoms with E-state index in [0.717, 1.165) is 16.6 Å². The average Bonchev–Trinajstić information content (AvgIpc) is 2.52. The Hall–Kier alpha value is -1.84. The molecule has 4 heteroatoms. The number of carbonyl (C=O) groups is 1. The lowest BCUT2D eigenvalue weighted by molar-refractivity contribution is 0.0933. The average molecular weight is 205 g/mol. The van der Waals surface area contributed by atoms with Gasteiger partial charge in [0.2, 0.25) is 5.91 Å². The van der Waals surface area contributed by atoms with Gasteiger partial charge in [0.1, 0.15) is 0 Å². The predicted octanol–water partition coefficient (Wildman–Crippen LogP) is 1.82. The van der Waals surface area contributed by atoms with Crippen LogP contribution in [0.3, 0.4) is 0 Å². The molecule has 1 aromatic heterocycles. The number of rotatable bonds is 1. The molecule has 0 fully saturated rings. The summed E-state index contributed by atoms with van der Waals surface area (Å²) in [6, 6.07) is 5.41. The van der Waals surface area contributed by atoms with Crippen LogP contribution in [0.25, 0.3) is 11.1 Å². The zero-order valence-electron chi connectivity index (χ0n) is 8.61. The van der Waals surface area contributed by atoms with Crippen molar-refractivity contribution in [3.05, 3.63) is 34.3 Å². The van der Waals surface area contributed by atoms with Crippen LogP contribution in [0.15, 0.2) is 27.4 Å². The first kappa shape index (κ1) is 9.71. The van der Waals surface area contributed by atoms with E-state index in [1.54, 1.807) is 12.1 Å². The molecule has 0 unspecified atom stereocenters. The summed E-state index contributed by atoms with van der Waals surface area (Å²) < 4.78 is 6.03. The van der Waals surface area contributed by atoms with Gasteiger partial charge in [-0.3, -0.25) is 4.79 Å². The summed E-state index contributed by atoms with van der Waals surface area (Å²) >= 11 is 0. The molecule has 78 valence electrons. The Morgan fingerprint density at radius 1 is 1.47 bits per heavy atom. The summed E-state index contributed by atoms with van der Waals surface area (Å²) in [5.41, 5.74) is 2.08. The van der Waals surface area contributed by atoms with Gasteiger partial charge in [-0.25, -0.2) is 9.36 Å². The Balaban J connectivity index is 2.80. The summed E-state index contributed by atoms with van der Waals surface area (Å²) in [7, 11) is 0. The molecule has 0 bridgehead atoms. The van der Waals surface area contributed by atoms with E-state index in [-0.39, 0.29) is 5.91 Å². The minimum atomic E-state index is -0.620. The predicted molar refractivity (Wildman–Crippen MR) is 56.2 cm³/mol. The Kier molecular flexibility index (Phi) is 2.19. The fourth-order valence-corrected chi connectivity index (χ4v) is 1.58. The van der Waals surface area contributed by atoms with Gasteiger partial charge in [0.05, 0.1) is 5.52 Å².